The Hall–Kier alpha value is -5.14. The lowest BCUT2D eigenvalue weighted by Crippen LogP contribution is -2.49. The molecule has 3 aliphatic rings. The van der Waals surface area contributed by atoms with Crippen molar-refractivity contribution in [2.75, 3.05) is 4.90 Å². The molecule has 5 atom stereocenters. The van der Waals surface area contributed by atoms with Gasteiger partial charge in [0.1, 0.15) is 0 Å². The number of hydrogen-bond donors (Lipinski definition) is 0. The summed E-state index contributed by atoms with van der Waals surface area (Å²) in [7, 11) is 0. The van der Waals surface area contributed by atoms with Gasteiger partial charge in [0.25, 0.3) is 0 Å². The van der Waals surface area contributed by atoms with Crippen LogP contribution in [0.5, 0.6) is 0 Å². The van der Waals surface area contributed by atoms with E-state index < -0.39 is 0 Å². The third-order valence-electron chi connectivity index (χ3n) is 12.7. The third-order valence-corrected chi connectivity index (χ3v) is 12.7. The van der Waals surface area contributed by atoms with Crippen molar-refractivity contribution in [2.45, 2.75) is 44.9 Å². The minimum Gasteiger partial charge on any atom is -0.310 e. The van der Waals surface area contributed by atoms with Gasteiger partial charge >= 0.3 is 0 Å². The molecule has 1 spiro atoms. The van der Waals surface area contributed by atoms with E-state index in [0.29, 0.717) is 11.8 Å². The summed E-state index contributed by atoms with van der Waals surface area (Å²) in [5.74, 6) is 2.95. The molecule has 0 amide bonds. The van der Waals surface area contributed by atoms with Crippen LogP contribution in [0.1, 0.15) is 50.7 Å². The largest absolute Gasteiger partial charge is 0.310 e. The number of para-hydroxylation sites is 1. The van der Waals surface area contributed by atoms with Crippen LogP contribution in [0.25, 0.3) is 43.8 Å². The van der Waals surface area contributed by atoms with Crippen LogP contribution in [0.15, 0.2) is 152 Å². The van der Waals surface area contributed by atoms with Gasteiger partial charge in [-0.05, 0) is 135 Å². The summed E-state index contributed by atoms with van der Waals surface area (Å²) in [5.41, 5.74) is 12.2. The van der Waals surface area contributed by atoms with Crippen molar-refractivity contribution in [1.82, 2.24) is 0 Å². The van der Waals surface area contributed by atoms with E-state index in [-0.39, 0.29) is 5.41 Å². The van der Waals surface area contributed by atoms with Gasteiger partial charge in [0.05, 0.1) is 5.69 Å². The average Bonchev–Trinajstić information content (AvgIpc) is 3.46. The van der Waals surface area contributed by atoms with E-state index in [2.05, 4.69) is 170 Å². The Kier molecular flexibility index (Phi) is 6.82. The van der Waals surface area contributed by atoms with Gasteiger partial charge < -0.3 is 4.90 Å². The minimum absolute atomic E-state index is 0.0659. The van der Waals surface area contributed by atoms with E-state index in [4.69, 9.17) is 0 Å². The van der Waals surface area contributed by atoms with Crippen LogP contribution in [0.4, 0.5) is 17.1 Å². The zero-order valence-electron chi connectivity index (χ0n) is 29.0. The van der Waals surface area contributed by atoms with Gasteiger partial charge in [-0.1, -0.05) is 129 Å². The van der Waals surface area contributed by atoms with E-state index in [1.165, 1.54) is 86.5 Å². The number of benzene rings is 7. The van der Waals surface area contributed by atoms with Crippen molar-refractivity contribution >= 4 is 38.6 Å². The molecule has 1 heteroatoms. The Labute approximate surface area is 296 Å². The monoisotopic (exact) mass is 645 g/mol. The second kappa shape index (κ2) is 11.5. The van der Waals surface area contributed by atoms with E-state index in [1.54, 1.807) is 11.1 Å². The molecule has 0 radical (unpaired) electrons. The van der Waals surface area contributed by atoms with E-state index in [0.717, 1.165) is 11.8 Å². The zero-order valence-corrected chi connectivity index (χ0v) is 29.0. The van der Waals surface area contributed by atoms with Crippen molar-refractivity contribution in [1.29, 1.82) is 0 Å². The molecule has 1 nitrogen and oxygen atoms in total. The Morgan fingerprint density at radius 2 is 1.20 bits per heavy atom. The van der Waals surface area contributed by atoms with Crippen LogP contribution in [0, 0.1) is 23.7 Å². The Morgan fingerprint density at radius 1 is 0.520 bits per heavy atom. The fourth-order valence-electron chi connectivity index (χ4n) is 11.0. The molecule has 0 aromatic heterocycles. The predicted octanol–water partition coefficient (Wildman–Crippen LogP) is 13.5. The number of nitrogens with zero attached hydrogens (tertiary/aromatic N) is 1. The molecule has 0 heterocycles. The number of anilines is 3. The first-order chi connectivity index (χ1) is 24.6. The van der Waals surface area contributed by atoms with Gasteiger partial charge in [-0.3, -0.25) is 0 Å². The summed E-state index contributed by atoms with van der Waals surface area (Å²) in [4.78, 5) is 2.51. The van der Waals surface area contributed by atoms with E-state index in [9.17, 15) is 0 Å². The van der Waals surface area contributed by atoms with Gasteiger partial charge in [0.2, 0.25) is 0 Å². The van der Waals surface area contributed by atoms with Gasteiger partial charge in [-0.25, -0.2) is 0 Å². The Morgan fingerprint density at radius 3 is 2.04 bits per heavy atom. The Balaban J connectivity index is 1.16. The summed E-state index contributed by atoms with van der Waals surface area (Å²) in [5, 5.41) is 5.18. The highest BCUT2D eigenvalue weighted by Gasteiger charge is 2.57. The van der Waals surface area contributed by atoms with Crippen LogP contribution >= 0.6 is 0 Å². The number of fused-ring (bicyclic) bond motifs is 11. The third kappa shape index (κ3) is 4.32. The highest BCUT2D eigenvalue weighted by atomic mass is 15.1. The topological polar surface area (TPSA) is 3.24 Å². The summed E-state index contributed by atoms with van der Waals surface area (Å²) in [6.07, 6.45) is 5.41. The highest BCUT2D eigenvalue weighted by Crippen LogP contribution is 2.66. The maximum absolute atomic E-state index is 2.57. The fourth-order valence-corrected chi connectivity index (χ4v) is 11.0. The first-order valence-corrected chi connectivity index (χ1v) is 18.7. The molecule has 2 bridgehead atoms. The summed E-state index contributed by atoms with van der Waals surface area (Å²) in [6.45, 7) is 5.07. The van der Waals surface area contributed by atoms with Crippen molar-refractivity contribution in [3.63, 3.8) is 0 Å². The van der Waals surface area contributed by atoms with Crippen molar-refractivity contribution in [3.05, 3.63) is 163 Å². The lowest BCUT2D eigenvalue weighted by molar-refractivity contribution is 0.0426. The maximum atomic E-state index is 2.57. The molecule has 2 saturated carbocycles. The minimum atomic E-state index is 0.0659. The van der Waals surface area contributed by atoms with Crippen LogP contribution in [0.3, 0.4) is 0 Å². The summed E-state index contributed by atoms with van der Waals surface area (Å²) < 4.78 is 0. The first-order valence-electron chi connectivity index (χ1n) is 18.7. The normalized spacial score (nSPS) is 23.6. The molecule has 244 valence electrons. The predicted molar refractivity (Wildman–Crippen MR) is 212 cm³/mol. The number of hydrogen-bond acceptors (Lipinski definition) is 1. The second-order valence-corrected chi connectivity index (χ2v) is 15.5. The zero-order chi connectivity index (χ0) is 33.4. The van der Waals surface area contributed by atoms with Crippen molar-refractivity contribution in [2.24, 2.45) is 23.7 Å². The lowest BCUT2D eigenvalue weighted by Gasteiger charge is -2.54. The standard InChI is InChI=1S/C49H43N/c1-32-27-34-29-33(2)49(37(28-32)30-34)45-20-11-10-19-43(45)48-46(49)21-12-22-47(48)50(38-14-4-3-5-15-38)39-25-23-35(24-26-39)44-31-36-13-6-7-16-40(36)41-17-8-9-18-42(41)44/h3-26,31-34,37H,27-30H2,1-2H3. The quantitative estimate of drug-likeness (QED) is 0.172. The Bertz CT molecular complexity index is 2380. The van der Waals surface area contributed by atoms with Crippen molar-refractivity contribution < 1.29 is 0 Å². The second-order valence-electron chi connectivity index (χ2n) is 15.5. The molecule has 0 N–H and O–H groups in total. The van der Waals surface area contributed by atoms with Gasteiger partial charge in [-0.15, -0.1) is 0 Å². The fraction of sp³-hybridized carbons (Fsp3) is 0.224. The van der Waals surface area contributed by atoms with E-state index >= 15 is 0 Å². The molecule has 2 fully saturated rings. The molecular formula is C49H43N. The molecule has 0 saturated heterocycles. The van der Waals surface area contributed by atoms with E-state index in [1.807, 2.05) is 0 Å². The molecule has 3 aliphatic carbocycles. The number of rotatable bonds is 4. The smallest absolute Gasteiger partial charge is 0.0543 e. The van der Waals surface area contributed by atoms with Gasteiger partial charge in [-0.2, -0.15) is 0 Å². The molecule has 5 unspecified atom stereocenters. The molecule has 0 aliphatic heterocycles. The van der Waals surface area contributed by atoms with Crippen LogP contribution in [-0.4, -0.2) is 0 Å². The van der Waals surface area contributed by atoms with Gasteiger partial charge in [0.15, 0.2) is 0 Å². The molecule has 50 heavy (non-hydrogen) atoms. The van der Waals surface area contributed by atoms with Crippen LogP contribution in [0.2, 0.25) is 0 Å². The molecule has 10 rings (SSSR count). The average molecular weight is 646 g/mol. The van der Waals surface area contributed by atoms with Crippen LogP contribution < -0.4 is 4.90 Å². The van der Waals surface area contributed by atoms with Crippen molar-refractivity contribution in [3.8, 4) is 22.3 Å². The van der Waals surface area contributed by atoms with Gasteiger partial charge in [0, 0.05) is 22.4 Å². The lowest BCUT2D eigenvalue weighted by atomic mass is 9.49. The maximum Gasteiger partial charge on any atom is 0.0543 e. The summed E-state index contributed by atoms with van der Waals surface area (Å²) in [6, 6.07) is 56.9. The summed E-state index contributed by atoms with van der Waals surface area (Å²) >= 11 is 0. The molecular weight excluding hydrogens is 603 g/mol. The SMILES string of the molecule is CC1CC2CC(C)C3(c4ccccc4-c4c(N(c5ccccc5)c5ccc(-c6cc7ccccc7c7ccccc67)cc5)cccc43)C(C1)C2. The molecule has 7 aromatic rings. The first kappa shape index (κ1) is 29.7. The highest BCUT2D eigenvalue weighted by molar-refractivity contribution is 6.13. The van der Waals surface area contributed by atoms with Crippen LogP contribution in [-0.2, 0) is 5.41 Å². The molecule has 7 aromatic carbocycles.